The Bertz CT molecular complexity index is 726. The van der Waals surface area contributed by atoms with Gasteiger partial charge in [-0.15, -0.1) is 13.2 Å². The van der Waals surface area contributed by atoms with E-state index in [1.165, 1.54) is 109 Å². The van der Waals surface area contributed by atoms with Crippen LogP contribution in [0.4, 0.5) is 0 Å². The van der Waals surface area contributed by atoms with Crippen LogP contribution in [0, 0.1) is 35.5 Å². The molecule has 0 spiro atoms. The van der Waals surface area contributed by atoms with Gasteiger partial charge in [0.1, 0.15) is 0 Å². The Morgan fingerprint density at radius 2 is 1.02 bits per heavy atom. The normalized spacial score (nSPS) is 39.6. The van der Waals surface area contributed by atoms with Crippen LogP contribution in [0.1, 0.15) is 123 Å². The third-order valence-electron chi connectivity index (χ3n) is 12.0. The summed E-state index contributed by atoms with van der Waals surface area (Å²) in [6, 6.07) is 1.54. The fourth-order valence-electron chi connectivity index (χ4n) is 10.3. The Labute approximate surface area is 253 Å². The molecule has 8 atom stereocenters. The van der Waals surface area contributed by atoms with Gasteiger partial charge in [0.2, 0.25) is 0 Å². The lowest BCUT2D eigenvalue weighted by Crippen LogP contribution is -2.55. The summed E-state index contributed by atoms with van der Waals surface area (Å²) in [6.07, 6.45) is 28.4. The first-order chi connectivity index (χ1) is 20.2. The lowest BCUT2D eigenvalue weighted by Gasteiger charge is -2.51. The Morgan fingerprint density at radius 3 is 1.41 bits per heavy atom. The average molecular weight is 569 g/mol. The first-order valence-electron chi connectivity index (χ1n) is 18.1. The van der Waals surface area contributed by atoms with E-state index in [-0.39, 0.29) is 0 Å². The van der Waals surface area contributed by atoms with Gasteiger partial charge in [-0.3, -0.25) is 9.80 Å². The van der Waals surface area contributed by atoms with E-state index in [1.807, 2.05) is 13.8 Å². The molecular formula is C37H64N2O2. The largest absolute Gasteiger partial charge is 0.362 e. The number of ether oxygens (including phenoxy) is 2. The van der Waals surface area contributed by atoms with Gasteiger partial charge in [-0.1, -0.05) is 64.5 Å². The van der Waals surface area contributed by atoms with Crippen molar-refractivity contribution in [2.75, 3.05) is 26.6 Å². The molecule has 0 amide bonds. The predicted octanol–water partition coefficient (Wildman–Crippen LogP) is 8.82. The van der Waals surface area contributed by atoms with E-state index in [4.69, 9.17) is 9.47 Å². The maximum Gasteiger partial charge on any atom is 0.0996 e. The molecule has 0 aromatic carbocycles. The van der Waals surface area contributed by atoms with Gasteiger partial charge >= 0.3 is 0 Å². The van der Waals surface area contributed by atoms with Crippen molar-refractivity contribution in [3.8, 4) is 0 Å². The zero-order valence-corrected chi connectivity index (χ0v) is 26.9. The SMILES string of the molecule is C=CCC1CC(CC2CC(CC=C)C3OCN(C4CCCCC4)CC3C2)CC2CN(C3CCCCC3)COC12.CC. The zero-order chi connectivity index (χ0) is 28.6. The molecular weight excluding hydrogens is 504 g/mol. The number of hydrogen-bond acceptors (Lipinski definition) is 4. The van der Waals surface area contributed by atoms with Crippen molar-refractivity contribution in [3.63, 3.8) is 0 Å². The van der Waals surface area contributed by atoms with Crippen LogP contribution >= 0.6 is 0 Å². The van der Waals surface area contributed by atoms with Gasteiger partial charge in [-0.2, -0.15) is 0 Å². The van der Waals surface area contributed by atoms with Crippen molar-refractivity contribution in [1.82, 2.24) is 9.80 Å². The molecule has 0 N–H and O–H groups in total. The number of hydrogen-bond donors (Lipinski definition) is 0. The van der Waals surface area contributed by atoms with Crippen LogP contribution in [-0.2, 0) is 9.47 Å². The topological polar surface area (TPSA) is 24.9 Å². The van der Waals surface area contributed by atoms with Crippen molar-refractivity contribution in [1.29, 1.82) is 0 Å². The lowest BCUT2D eigenvalue weighted by atomic mass is 9.64. The highest BCUT2D eigenvalue weighted by Crippen LogP contribution is 2.47. The maximum absolute atomic E-state index is 6.69. The second-order valence-corrected chi connectivity index (χ2v) is 14.6. The summed E-state index contributed by atoms with van der Waals surface area (Å²) in [6.45, 7) is 16.6. The smallest absolute Gasteiger partial charge is 0.0996 e. The van der Waals surface area contributed by atoms with Gasteiger partial charge in [0.15, 0.2) is 0 Å². The minimum Gasteiger partial charge on any atom is -0.362 e. The summed E-state index contributed by atoms with van der Waals surface area (Å²) in [4.78, 5) is 5.47. The first-order valence-corrected chi connectivity index (χ1v) is 18.1. The van der Waals surface area contributed by atoms with Crippen LogP contribution < -0.4 is 0 Å². The molecule has 2 saturated heterocycles. The molecule has 4 saturated carbocycles. The summed E-state index contributed by atoms with van der Waals surface area (Å²) >= 11 is 0. The van der Waals surface area contributed by atoms with Crippen LogP contribution in [0.25, 0.3) is 0 Å². The second kappa shape index (κ2) is 15.9. The molecule has 0 bridgehead atoms. The summed E-state index contributed by atoms with van der Waals surface area (Å²) in [5, 5.41) is 0. The average Bonchev–Trinajstić information content (AvgIpc) is 3.02. The van der Waals surface area contributed by atoms with Gasteiger partial charge in [-0.05, 0) is 106 Å². The monoisotopic (exact) mass is 568 g/mol. The van der Waals surface area contributed by atoms with E-state index in [9.17, 15) is 0 Å². The van der Waals surface area contributed by atoms with Gasteiger partial charge in [0, 0.05) is 25.2 Å². The Hall–Kier alpha value is -0.680. The summed E-state index contributed by atoms with van der Waals surface area (Å²) < 4.78 is 13.4. The molecule has 6 aliphatic rings. The van der Waals surface area contributed by atoms with E-state index in [1.54, 1.807) is 0 Å². The number of nitrogens with zero attached hydrogens (tertiary/aromatic N) is 2. The molecule has 6 fully saturated rings. The van der Waals surface area contributed by atoms with Gasteiger partial charge in [0.25, 0.3) is 0 Å². The van der Waals surface area contributed by atoms with Crippen LogP contribution in [-0.4, -0.2) is 60.6 Å². The van der Waals surface area contributed by atoms with E-state index in [0.717, 1.165) is 50.2 Å². The molecule has 2 heterocycles. The predicted molar refractivity (Wildman–Crippen MR) is 172 cm³/mol. The Balaban J connectivity index is 0.00000165. The minimum absolute atomic E-state index is 0.458. The summed E-state index contributed by atoms with van der Waals surface area (Å²) in [7, 11) is 0. The van der Waals surface area contributed by atoms with Gasteiger partial charge < -0.3 is 9.47 Å². The number of fused-ring (bicyclic) bond motifs is 2. The highest BCUT2D eigenvalue weighted by molar-refractivity contribution is 4.98. The fourth-order valence-corrected chi connectivity index (χ4v) is 10.3. The first kappa shape index (κ1) is 31.7. The molecule has 4 heteroatoms. The summed E-state index contributed by atoms with van der Waals surface area (Å²) in [5.41, 5.74) is 0. The molecule has 8 unspecified atom stereocenters. The van der Waals surface area contributed by atoms with Crippen LogP contribution in [0.5, 0.6) is 0 Å². The lowest BCUT2D eigenvalue weighted by molar-refractivity contribution is -0.168. The van der Waals surface area contributed by atoms with Crippen molar-refractivity contribution in [2.45, 2.75) is 147 Å². The molecule has 6 rings (SSSR count). The molecule has 4 nitrogen and oxygen atoms in total. The molecule has 0 aromatic rings. The quantitative estimate of drug-likeness (QED) is 0.273. The standard InChI is InChI=1S/C35H58N2O2.C2H6/c1-3-11-28-18-26(20-30-22-36(24-38-34(28)30)32-13-7-5-8-14-32)17-27-19-29(12-4-2)35-31(21-27)23-37(25-39-35)33-15-9-6-10-16-33;1-2/h3-4,26-35H,1-2,5-25H2;1-2H3. The second-order valence-electron chi connectivity index (χ2n) is 14.6. The Kier molecular flexibility index (Phi) is 12.3. The third kappa shape index (κ3) is 7.89. The van der Waals surface area contributed by atoms with Gasteiger partial charge in [0.05, 0.1) is 25.7 Å². The maximum atomic E-state index is 6.69. The van der Waals surface area contributed by atoms with Crippen molar-refractivity contribution < 1.29 is 9.47 Å². The Morgan fingerprint density at radius 1 is 0.610 bits per heavy atom. The molecule has 2 aliphatic heterocycles. The van der Waals surface area contributed by atoms with Gasteiger partial charge in [-0.25, -0.2) is 0 Å². The van der Waals surface area contributed by atoms with E-state index in [2.05, 4.69) is 35.1 Å². The number of allylic oxidation sites excluding steroid dienone is 2. The molecule has 4 aliphatic carbocycles. The molecule has 0 aromatic heterocycles. The third-order valence-corrected chi connectivity index (χ3v) is 12.0. The highest BCUT2D eigenvalue weighted by atomic mass is 16.5. The van der Waals surface area contributed by atoms with Crippen molar-refractivity contribution in [3.05, 3.63) is 25.3 Å². The minimum atomic E-state index is 0.458. The molecule has 0 radical (unpaired) electrons. The van der Waals surface area contributed by atoms with E-state index < -0.39 is 0 Å². The zero-order valence-electron chi connectivity index (χ0n) is 26.9. The van der Waals surface area contributed by atoms with Crippen LogP contribution in [0.3, 0.4) is 0 Å². The van der Waals surface area contributed by atoms with Crippen LogP contribution in [0.15, 0.2) is 25.3 Å². The molecule has 234 valence electrons. The van der Waals surface area contributed by atoms with Crippen molar-refractivity contribution in [2.24, 2.45) is 35.5 Å². The van der Waals surface area contributed by atoms with Crippen LogP contribution in [0.2, 0.25) is 0 Å². The summed E-state index contributed by atoms with van der Waals surface area (Å²) in [5.74, 6) is 4.45. The van der Waals surface area contributed by atoms with Crippen molar-refractivity contribution >= 4 is 0 Å². The molecule has 41 heavy (non-hydrogen) atoms. The highest BCUT2D eigenvalue weighted by Gasteiger charge is 2.46. The van der Waals surface area contributed by atoms with E-state index >= 15 is 0 Å². The fraction of sp³-hybridized carbons (Fsp3) is 0.892. The number of rotatable bonds is 8. The van der Waals surface area contributed by atoms with E-state index in [0.29, 0.717) is 35.9 Å².